The topological polar surface area (TPSA) is 87.1 Å². The maximum atomic E-state index is 11.8. The van der Waals surface area contributed by atoms with Gasteiger partial charge in [0.05, 0.1) is 11.1 Å². The van der Waals surface area contributed by atoms with Crippen LogP contribution in [0.5, 0.6) is 0 Å². The number of benzene rings is 3. The summed E-state index contributed by atoms with van der Waals surface area (Å²) in [5, 5.41) is 16.5. The van der Waals surface area contributed by atoms with Gasteiger partial charge < -0.3 is 15.7 Å². The standard InChI is InChI=1S/C29H28N4O2/c1-20(21-9-4-2-5-10-21)30-26-19-25(22-11-6-3-7-12-22)32-28(33-26)31-24-15-13-23(14-16-24)29(27(34)35)17-8-18-29/h2-7,9-16,19-20H,8,17-18H2,1H3,(H,34,35)(H2,30,31,32,33)/t20-/m0/s1. The van der Waals surface area contributed by atoms with E-state index in [9.17, 15) is 9.90 Å². The molecule has 1 aromatic heterocycles. The number of anilines is 3. The van der Waals surface area contributed by atoms with Crippen molar-refractivity contribution in [3.8, 4) is 11.3 Å². The largest absolute Gasteiger partial charge is 0.481 e. The maximum absolute atomic E-state index is 11.8. The summed E-state index contributed by atoms with van der Waals surface area (Å²) in [6.07, 6.45) is 2.32. The van der Waals surface area contributed by atoms with Crippen molar-refractivity contribution < 1.29 is 9.90 Å². The predicted octanol–water partition coefficient (Wildman–Crippen LogP) is 6.57. The van der Waals surface area contributed by atoms with E-state index >= 15 is 0 Å². The maximum Gasteiger partial charge on any atom is 0.314 e. The molecule has 0 amide bonds. The van der Waals surface area contributed by atoms with Gasteiger partial charge in [-0.1, -0.05) is 79.2 Å². The Morgan fingerprint density at radius 2 is 1.57 bits per heavy atom. The van der Waals surface area contributed by atoms with Gasteiger partial charge in [0, 0.05) is 23.4 Å². The van der Waals surface area contributed by atoms with E-state index in [-0.39, 0.29) is 6.04 Å². The molecule has 0 spiro atoms. The second-order valence-corrected chi connectivity index (χ2v) is 9.05. The summed E-state index contributed by atoms with van der Waals surface area (Å²) in [6.45, 7) is 2.10. The van der Waals surface area contributed by atoms with Crippen molar-refractivity contribution in [2.45, 2.75) is 37.6 Å². The lowest BCUT2D eigenvalue weighted by Crippen LogP contribution is -2.42. The fourth-order valence-electron chi connectivity index (χ4n) is 4.54. The lowest BCUT2D eigenvalue weighted by atomic mass is 9.64. The van der Waals surface area contributed by atoms with Gasteiger partial charge in [0.25, 0.3) is 0 Å². The van der Waals surface area contributed by atoms with Crippen molar-refractivity contribution in [2.24, 2.45) is 0 Å². The van der Waals surface area contributed by atoms with E-state index < -0.39 is 11.4 Å². The number of carbonyl (C=O) groups is 1. The Morgan fingerprint density at radius 3 is 2.17 bits per heavy atom. The Hall–Kier alpha value is -4.19. The minimum Gasteiger partial charge on any atom is -0.481 e. The van der Waals surface area contributed by atoms with E-state index in [1.807, 2.05) is 78.9 Å². The molecule has 1 fully saturated rings. The molecule has 0 bridgehead atoms. The lowest BCUT2D eigenvalue weighted by Gasteiger charge is -2.38. The van der Waals surface area contributed by atoms with Gasteiger partial charge in [-0.05, 0) is 43.0 Å². The first-order chi connectivity index (χ1) is 17.0. The van der Waals surface area contributed by atoms with Gasteiger partial charge in [-0.3, -0.25) is 4.79 Å². The Morgan fingerprint density at radius 1 is 0.914 bits per heavy atom. The molecule has 6 heteroatoms. The van der Waals surface area contributed by atoms with Crippen LogP contribution in [0.25, 0.3) is 11.3 Å². The summed E-state index contributed by atoms with van der Waals surface area (Å²) >= 11 is 0. The molecule has 0 radical (unpaired) electrons. The molecule has 4 aromatic rings. The van der Waals surface area contributed by atoms with Crippen molar-refractivity contribution >= 4 is 23.4 Å². The number of hydrogen-bond donors (Lipinski definition) is 3. The predicted molar refractivity (Wildman–Crippen MR) is 139 cm³/mol. The molecular formula is C29H28N4O2. The number of rotatable bonds is 8. The number of hydrogen-bond acceptors (Lipinski definition) is 5. The first-order valence-corrected chi connectivity index (χ1v) is 11.9. The highest BCUT2D eigenvalue weighted by Crippen LogP contribution is 2.44. The van der Waals surface area contributed by atoms with Gasteiger partial charge in [0.2, 0.25) is 5.95 Å². The van der Waals surface area contributed by atoms with Crippen LogP contribution in [-0.2, 0) is 10.2 Å². The van der Waals surface area contributed by atoms with Crippen LogP contribution in [-0.4, -0.2) is 21.0 Å². The molecular weight excluding hydrogens is 436 g/mol. The third-order valence-corrected chi connectivity index (χ3v) is 6.77. The van der Waals surface area contributed by atoms with Crippen LogP contribution >= 0.6 is 0 Å². The van der Waals surface area contributed by atoms with Crippen LogP contribution in [0, 0.1) is 0 Å². The number of carboxylic acids is 1. The summed E-state index contributed by atoms with van der Waals surface area (Å²) in [6, 6.07) is 29.8. The van der Waals surface area contributed by atoms with Crippen molar-refractivity contribution in [3.63, 3.8) is 0 Å². The molecule has 1 aliphatic rings. The summed E-state index contributed by atoms with van der Waals surface area (Å²) in [7, 11) is 0. The molecule has 1 atom stereocenters. The van der Waals surface area contributed by atoms with E-state index in [4.69, 9.17) is 9.97 Å². The van der Waals surface area contributed by atoms with E-state index in [0.29, 0.717) is 24.6 Å². The zero-order valence-electron chi connectivity index (χ0n) is 19.6. The molecule has 6 nitrogen and oxygen atoms in total. The third kappa shape index (κ3) is 4.73. The fourth-order valence-corrected chi connectivity index (χ4v) is 4.54. The number of nitrogens with one attached hydrogen (secondary N) is 2. The molecule has 176 valence electrons. The zero-order valence-corrected chi connectivity index (χ0v) is 19.6. The minimum absolute atomic E-state index is 0.0662. The zero-order chi connectivity index (χ0) is 24.3. The quantitative estimate of drug-likeness (QED) is 0.273. The van der Waals surface area contributed by atoms with Gasteiger partial charge in [0.15, 0.2) is 0 Å². The van der Waals surface area contributed by atoms with Gasteiger partial charge in [-0.25, -0.2) is 4.98 Å². The summed E-state index contributed by atoms with van der Waals surface area (Å²) in [5.74, 6) is 0.443. The molecule has 1 aliphatic carbocycles. The normalized spacial score (nSPS) is 15.0. The Bertz CT molecular complexity index is 1300. The van der Waals surface area contributed by atoms with E-state index in [0.717, 1.165) is 28.9 Å². The van der Waals surface area contributed by atoms with Crippen LogP contribution in [0.4, 0.5) is 17.5 Å². The van der Waals surface area contributed by atoms with E-state index in [1.165, 1.54) is 5.56 Å². The van der Waals surface area contributed by atoms with Crippen LogP contribution in [0.1, 0.15) is 43.4 Å². The van der Waals surface area contributed by atoms with Gasteiger partial charge in [0.1, 0.15) is 5.82 Å². The van der Waals surface area contributed by atoms with E-state index in [1.54, 1.807) is 0 Å². The molecule has 5 rings (SSSR count). The SMILES string of the molecule is C[C@H](Nc1cc(-c2ccccc2)nc(Nc2ccc(C3(C(=O)O)CCC3)cc2)n1)c1ccccc1. The van der Waals surface area contributed by atoms with Crippen LogP contribution in [0.3, 0.4) is 0 Å². The monoisotopic (exact) mass is 464 g/mol. The third-order valence-electron chi connectivity index (χ3n) is 6.77. The van der Waals surface area contributed by atoms with Crippen LogP contribution in [0.2, 0.25) is 0 Å². The van der Waals surface area contributed by atoms with Crippen molar-refractivity contribution in [2.75, 3.05) is 10.6 Å². The second kappa shape index (κ2) is 9.58. The Balaban J connectivity index is 1.43. The average Bonchev–Trinajstić information content (AvgIpc) is 2.85. The summed E-state index contributed by atoms with van der Waals surface area (Å²) in [4.78, 5) is 21.3. The smallest absolute Gasteiger partial charge is 0.314 e. The number of carboxylic acid groups (broad SMARTS) is 1. The first-order valence-electron chi connectivity index (χ1n) is 11.9. The van der Waals surface area contributed by atoms with Crippen LogP contribution in [0.15, 0.2) is 91.0 Å². The minimum atomic E-state index is -0.744. The van der Waals surface area contributed by atoms with E-state index in [2.05, 4.69) is 29.7 Å². The molecule has 1 heterocycles. The van der Waals surface area contributed by atoms with Crippen molar-refractivity contribution in [1.29, 1.82) is 0 Å². The highest BCUT2D eigenvalue weighted by Gasteiger charge is 2.45. The van der Waals surface area contributed by atoms with Gasteiger partial charge in [-0.15, -0.1) is 0 Å². The molecule has 35 heavy (non-hydrogen) atoms. The summed E-state index contributed by atoms with van der Waals surface area (Å²) < 4.78 is 0. The lowest BCUT2D eigenvalue weighted by molar-refractivity contribution is -0.147. The number of aromatic nitrogens is 2. The highest BCUT2D eigenvalue weighted by molar-refractivity contribution is 5.82. The average molecular weight is 465 g/mol. The Kier molecular flexibility index (Phi) is 6.19. The van der Waals surface area contributed by atoms with Gasteiger partial charge >= 0.3 is 5.97 Å². The van der Waals surface area contributed by atoms with Crippen molar-refractivity contribution in [1.82, 2.24) is 9.97 Å². The molecule has 0 unspecified atom stereocenters. The first kappa shape index (κ1) is 22.6. The Labute approximate surface area is 205 Å². The molecule has 3 aromatic carbocycles. The summed E-state index contributed by atoms with van der Waals surface area (Å²) in [5.41, 5.74) is 3.88. The molecule has 3 N–H and O–H groups in total. The second-order valence-electron chi connectivity index (χ2n) is 9.05. The van der Waals surface area contributed by atoms with Crippen molar-refractivity contribution in [3.05, 3.63) is 102 Å². The fraction of sp³-hybridized carbons (Fsp3) is 0.207. The molecule has 0 aliphatic heterocycles. The highest BCUT2D eigenvalue weighted by atomic mass is 16.4. The number of nitrogens with zero attached hydrogens (tertiary/aromatic N) is 2. The molecule has 1 saturated carbocycles. The van der Waals surface area contributed by atoms with Gasteiger partial charge in [-0.2, -0.15) is 4.98 Å². The molecule has 0 saturated heterocycles. The number of aliphatic carboxylic acids is 1. The van der Waals surface area contributed by atoms with Crippen LogP contribution < -0.4 is 10.6 Å².